The molecule has 1 aliphatic heterocycles. The van der Waals surface area contributed by atoms with Crippen LogP contribution in [0, 0.1) is 13.8 Å². The van der Waals surface area contributed by atoms with Crippen LogP contribution in [0.15, 0.2) is 85.1 Å². The lowest BCUT2D eigenvalue weighted by Gasteiger charge is -2.28. The summed E-state index contributed by atoms with van der Waals surface area (Å²) in [4.78, 5) is 6.98. The van der Waals surface area contributed by atoms with E-state index in [1.54, 1.807) is 0 Å². The first kappa shape index (κ1) is 23.3. The lowest BCUT2D eigenvalue weighted by molar-refractivity contribution is 0.563. The highest BCUT2D eigenvalue weighted by Gasteiger charge is 2.42. The van der Waals surface area contributed by atoms with Gasteiger partial charge in [-0.2, -0.15) is 0 Å². The van der Waals surface area contributed by atoms with Crippen molar-refractivity contribution in [3.8, 4) is 0 Å². The second kappa shape index (κ2) is 9.67. The summed E-state index contributed by atoms with van der Waals surface area (Å²) in [7, 11) is 0. The first-order chi connectivity index (χ1) is 16.9. The van der Waals surface area contributed by atoms with Crippen LogP contribution in [0.2, 0.25) is 0 Å². The molecule has 178 valence electrons. The van der Waals surface area contributed by atoms with Crippen LogP contribution in [0.4, 0.5) is 5.69 Å². The fraction of sp³-hybridized carbons (Fsp3) is 0.267. The predicted molar refractivity (Wildman–Crippen MR) is 148 cm³/mol. The van der Waals surface area contributed by atoms with E-state index < -0.39 is 0 Å². The molecule has 0 spiro atoms. The maximum absolute atomic E-state index is 5.93. The molecule has 4 nitrogen and oxygen atoms in total. The van der Waals surface area contributed by atoms with Crippen LogP contribution in [-0.2, 0) is 6.54 Å². The molecule has 3 heterocycles. The average molecular weight is 481 g/mol. The van der Waals surface area contributed by atoms with E-state index in [1.165, 1.54) is 28.1 Å². The summed E-state index contributed by atoms with van der Waals surface area (Å²) in [6.45, 7) is 9.71. The highest BCUT2D eigenvalue weighted by Crippen LogP contribution is 2.43. The minimum absolute atomic E-state index is 0.00183. The Morgan fingerprint density at radius 1 is 0.943 bits per heavy atom. The first-order valence-corrected chi connectivity index (χ1v) is 12.7. The van der Waals surface area contributed by atoms with Gasteiger partial charge in [0.1, 0.15) is 0 Å². The Morgan fingerprint density at radius 3 is 2.31 bits per heavy atom. The van der Waals surface area contributed by atoms with Crippen LogP contribution < -0.4 is 10.2 Å². The Bertz CT molecular complexity index is 1310. The monoisotopic (exact) mass is 480 g/mol. The van der Waals surface area contributed by atoms with Crippen LogP contribution in [-0.4, -0.2) is 14.7 Å². The van der Waals surface area contributed by atoms with Gasteiger partial charge < -0.3 is 14.8 Å². The number of anilines is 1. The van der Waals surface area contributed by atoms with Gasteiger partial charge in [-0.05, 0) is 79.0 Å². The number of hydrogen-bond donors (Lipinski definition) is 1. The van der Waals surface area contributed by atoms with Gasteiger partial charge in [0.25, 0.3) is 0 Å². The van der Waals surface area contributed by atoms with Crippen molar-refractivity contribution in [3.63, 3.8) is 0 Å². The van der Waals surface area contributed by atoms with E-state index in [1.807, 2.05) is 18.3 Å². The number of aryl methyl sites for hydroxylation is 1. The molecule has 0 radical (unpaired) electrons. The second-order valence-corrected chi connectivity index (χ2v) is 10.0. The third kappa shape index (κ3) is 4.48. The molecule has 1 aliphatic rings. The Hall–Kier alpha value is -3.44. The summed E-state index contributed by atoms with van der Waals surface area (Å²) in [6, 6.07) is 27.8. The zero-order chi connectivity index (χ0) is 24.5. The van der Waals surface area contributed by atoms with E-state index in [4.69, 9.17) is 17.2 Å². The standard InChI is InChI=1S/C30H32N4S/c1-20(2)24-13-15-25(16-14-24)34-29(28(32-30(34)35)27-12-8-9-17-31-27)26-18-21(3)33(22(26)4)19-23-10-6-5-7-11-23/h5-18,20,28-29H,19H2,1-4H3,(H,32,35). The lowest BCUT2D eigenvalue weighted by atomic mass is 9.96. The number of thiocarbonyl (C=S) groups is 1. The molecule has 2 atom stereocenters. The molecule has 0 aliphatic carbocycles. The Morgan fingerprint density at radius 2 is 1.66 bits per heavy atom. The van der Waals surface area contributed by atoms with Crippen molar-refractivity contribution in [2.75, 3.05) is 4.90 Å². The molecule has 2 aromatic heterocycles. The number of benzene rings is 2. The summed E-state index contributed by atoms with van der Waals surface area (Å²) >= 11 is 5.93. The van der Waals surface area contributed by atoms with Crippen molar-refractivity contribution in [2.45, 2.75) is 52.2 Å². The molecule has 4 aromatic rings. The van der Waals surface area contributed by atoms with Gasteiger partial charge in [0.05, 0.1) is 17.8 Å². The van der Waals surface area contributed by atoms with Crippen molar-refractivity contribution in [1.82, 2.24) is 14.9 Å². The SMILES string of the molecule is Cc1cc(C2C(c3ccccn3)NC(=S)N2c2ccc(C(C)C)cc2)c(C)n1Cc1ccccc1. The van der Waals surface area contributed by atoms with Crippen molar-refractivity contribution < 1.29 is 0 Å². The molecule has 0 amide bonds. The fourth-order valence-electron chi connectivity index (χ4n) is 5.11. The highest BCUT2D eigenvalue weighted by molar-refractivity contribution is 7.80. The number of hydrogen-bond acceptors (Lipinski definition) is 2. The van der Waals surface area contributed by atoms with E-state index in [9.17, 15) is 0 Å². The minimum atomic E-state index is -0.0425. The molecular formula is C30H32N4S. The van der Waals surface area contributed by atoms with Crippen LogP contribution in [0.1, 0.15) is 65.6 Å². The number of rotatable bonds is 6. The average Bonchev–Trinajstić information content (AvgIpc) is 3.36. The van der Waals surface area contributed by atoms with E-state index in [-0.39, 0.29) is 12.1 Å². The van der Waals surface area contributed by atoms with E-state index in [0.29, 0.717) is 5.92 Å². The number of pyridine rings is 1. The van der Waals surface area contributed by atoms with Crippen molar-refractivity contribution >= 4 is 23.0 Å². The normalized spacial score (nSPS) is 17.7. The number of nitrogens with zero attached hydrogens (tertiary/aromatic N) is 3. The third-order valence-corrected chi connectivity index (χ3v) is 7.37. The highest BCUT2D eigenvalue weighted by atomic mass is 32.1. The maximum atomic E-state index is 5.93. The molecule has 1 saturated heterocycles. The summed E-state index contributed by atoms with van der Waals surface area (Å²) < 4.78 is 2.40. The van der Waals surface area contributed by atoms with Gasteiger partial charge in [-0.3, -0.25) is 4.98 Å². The minimum Gasteiger partial charge on any atom is -0.351 e. The largest absolute Gasteiger partial charge is 0.351 e. The molecule has 5 rings (SSSR count). The smallest absolute Gasteiger partial charge is 0.174 e. The van der Waals surface area contributed by atoms with Gasteiger partial charge in [-0.15, -0.1) is 0 Å². The maximum Gasteiger partial charge on any atom is 0.174 e. The van der Waals surface area contributed by atoms with Crippen molar-refractivity contribution in [2.24, 2.45) is 0 Å². The van der Waals surface area contributed by atoms with Crippen molar-refractivity contribution in [1.29, 1.82) is 0 Å². The van der Waals surface area contributed by atoms with Crippen LogP contribution >= 0.6 is 12.2 Å². The topological polar surface area (TPSA) is 33.1 Å². The molecular weight excluding hydrogens is 448 g/mol. The zero-order valence-electron chi connectivity index (χ0n) is 20.8. The first-order valence-electron chi connectivity index (χ1n) is 12.2. The van der Waals surface area contributed by atoms with Gasteiger partial charge in [0.2, 0.25) is 0 Å². The molecule has 2 unspecified atom stereocenters. The molecule has 35 heavy (non-hydrogen) atoms. The summed E-state index contributed by atoms with van der Waals surface area (Å²) in [5, 5.41) is 4.33. The number of nitrogens with one attached hydrogen (secondary N) is 1. The second-order valence-electron chi connectivity index (χ2n) is 9.64. The zero-order valence-corrected chi connectivity index (χ0v) is 21.6. The Labute approximate surface area is 213 Å². The molecule has 0 saturated carbocycles. The van der Waals surface area contributed by atoms with Gasteiger partial charge in [0, 0.05) is 29.8 Å². The summed E-state index contributed by atoms with van der Waals surface area (Å²) in [5.74, 6) is 0.488. The van der Waals surface area contributed by atoms with Gasteiger partial charge >= 0.3 is 0 Å². The molecule has 1 fully saturated rings. The Balaban J connectivity index is 1.60. The predicted octanol–water partition coefficient (Wildman–Crippen LogP) is 6.85. The van der Waals surface area contributed by atoms with Crippen LogP contribution in [0.25, 0.3) is 0 Å². The van der Waals surface area contributed by atoms with Crippen LogP contribution in [0.3, 0.4) is 0 Å². The summed E-state index contributed by atoms with van der Waals surface area (Å²) in [6.07, 6.45) is 1.86. The van der Waals surface area contributed by atoms with E-state index >= 15 is 0 Å². The van der Waals surface area contributed by atoms with E-state index in [0.717, 1.165) is 23.0 Å². The van der Waals surface area contributed by atoms with Gasteiger partial charge in [0.15, 0.2) is 5.11 Å². The molecule has 0 bridgehead atoms. The van der Waals surface area contributed by atoms with Crippen LogP contribution in [0.5, 0.6) is 0 Å². The summed E-state index contributed by atoms with van der Waals surface area (Å²) in [5.41, 5.74) is 8.49. The lowest BCUT2D eigenvalue weighted by Crippen LogP contribution is -2.29. The number of aromatic nitrogens is 2. The third-order valence-electron chi connectivity index (χ3n) is 7.05. The molecule has 2 aromatic carbocycles. The quantitative estimate of drug-likeness (QED) is 0.306. The Kier molecular flexibility index (Phi) is 6.44. The van der Waals surface area contributed by atoms with E-state index in [2.05, 4.69) is 109 Å². The molecule has 5 heteroatoms. The molecule has 1 N–H and O–H groups in total. The fourth-order valence-corrected chi connectivity index (χ4v) is 5.45. The van der Waals surface area contributed by atoms with Gasteiger partial charge in [-0.1, -0.05) is 62.4 Å². The van der Waals surface area contributed by atoms with Gasteiger partial charge in [-0.25, -0.2) is 0 Å². The van der Waals surface area contributed by atoms with Crippen molar-refractivity contribution in [3.05, 3.63) is 119 Å².